The predicted molar refractivity (Wildman–Crippen MR) is 148 cm³/mol. The smallest absolute Gasteiger partial charge is 0.262 e. The molecule has 4 nitrogen and oxygen atoms in total. The van der Waals surface area contributed by atoms with E-state index in [1.807, 2.05) is 91.2 Å². The molecule has 0 aliphatic heterocycles. The largest absolute Gasteiger partial charge is 0.488 e. The molecule has 36 heavy (non-hydrogen) atoms. The van der Waals surface area contributed by atoms with Crippen molar-refractivity contribution in [2.75, 3.05) is 0 Å². The number of thiophene rings is 1. The minimum atomic E-state index is -0.0202. The molecule has 2 heterocycles. The lowest BCUT2D eigenvalue weighted by Crippen LogP contribution is -2.27. The van der Waals surface area contributed by atoms with Crippen molar-refractivity contribution >= 4 is 11.3 Å². The van der Waals surface area contributed by atoms with Crippen molar-refractivity contribution in [1.29, 1.82) is 0 Å². The molecule has 0 aliphatic rings. The fourth-order valence-corrected chi connectivity index (χ4v) is 5.31. The number of para-hydroxylation sites is 1. The average Bonchev–Trinajstić information content (AvgIpc) is 3.33. The summed E-state index contributed by atoms with van der Waals surface area (Å²) >= 11 is 1.59. The van der Waals surface area contributed by atoms with Gasteiger partial charge in [0.15, 0.2) is 0 Å². The Bertz CT molecular complexity index is 1520. The third-order valence-electron chi connectivity index (χ3n) is 6.16. The van der Waals surface area contributed by atoms with E-state index >= 15 is 0 Å². The van der Waals surface area contributed by atoms with Gasteiger partial charge in [-0.1, -0.05) is 72.8 Å². The highest BCUT2D eigenvalue weighted by Gasteiger charge is 2.20. The Hall–Kier alpha value is -3.96. The van der Waals surface area contributed by atoms with Crippen LogP contribution in [-0.4, -0.2) is 9.55 Å². The van der Waals surface area contributed by atoms with E-state index in [-0.39, 0.29) is 5.56 Å². The molecule has 5 rings (SSSR count). The Morgan fingerprint density at radius 3 is 2.22 bits per heavy atom. The summed E-state index contributed by atoms with van der Waals surface area (Å²) in [6, 6.07) is 30.2. The maximum Gasteiger partial charge on any atom is 0.262 e. The van der Waals surface area contributed by atoms with Gasteiger partial charge >= 0.3 is 0 Å². The lowest BCUT2D eigenvalue weighted by atomic mass is 10.1. The van der Waals surface area contributed by atoms with E-state index in [4.69, 9.17) is 9.72 Å². The maximum atomic E-state index is 14.0. The Labute approximate surface area is 215 Å². The molecule has 0 unspecified atom stereocenters. The molecule has 0 saturated heterocycles. The number of rotatable bonds is 8. The zero-order valence-corrected chi connectivity index (χ0v) is 21.3. The zero-order chi connectivity index (χ0) is 24.9. The van der Waals surface area contributed by atoms with Crippen LogP contribution in [0.25, 0.3) is 21.8 Å². The Balaban J connectivity index is 1.59. The van der Waals surface area contributed by atoms with Crippen LogP contribution in [0, 0.1) is 13.8 Å². The fourth-order valence-electron chi connectivity index (χ4n) is 4.32. The van der Waals surface area contributed by atoms with E-state index in [1.165, 1.54) is 5.56 Å². The van der Waals surface area contributed by atoms with E-state index in [0.717, 1.165) is 33.7 Å². The van der Waals surface area contributed by atoms with E-state index in [9.17, 15) is 4.79 Å². The highest BCUT2D eigenvalue weighted by molar-refractivity contribution is 7.13. The average molecular weight is 493 g/mol. The van der Waals surface area contributed by atoms with Gasteiger partial charge in [0.25, 0.3) is 5.56 Å². The standard InChI is InChI=1S/C31H28N2O2S/c1-22-19-28(36-21-22)29-23(2)32-30(33(31(29)34)18-17-24-11-5-3-6-12-24)26-15-9-10-16-27(26)35-20-25-13-7-4-8-14-25/h3-16,19,21H,17-18,20H2,1-2H3. The third-order valence-corrected chi connectivity index (χ3v) is 7.22. The van der Waals surface area contributed by atoms with E-state index in [2.05, 4.69) is 23.6 Å². The van der Waals surface area contributed by atoms with Crippen molar-refractivity contribution in [2.24, 2.45) is 0 Å². The van der Waals surface area contributed by atoms with Crippen LogP contribution in [-0.2, 0) is 19.6 Å². The SMILES string of the molecule is Cc1csc(-c2c(C)nc(-c3ccccc3OCc3ccccc3)n(CCc3ccccc3)c2=O)c1. The molecule has 0 atom stereocenters. The van der Waals surface area contributed by atoms with Gasteiger partial charge in [-0.3, -0.25) is 9.36 Å². The number of hydrogen-bond donors (Lipinski definition) is 0. The van der Waals surface area contributed by atoms with Crippen molar-refractivity contribution < 1.29 is 4.74 Å². The minimum Gasteiger partial charge on any atom is -0.488 e. The maximum absolute atomic E-state index is 14.0. The number of nitrogens with zero attached hydrogens (tertiary/aromatic N) is 2. The van der Waals surface area contributed by atoms with Crippen LogP contribution < -0.4 is 10.3 Å². The Morgan fingerprint density at radius 2 is 1.53 bits per heavy atom. The van der Waals surface area contributed by atoms with Crippen LogP contribution in [0.3, 0.4) is 0 Å². The lowest BCUT2D eigenvalue weighted by Gasteiger charge is -2.18. The third kappa shape index (κ3) is 5.16. The highest BCUT2D eigenvalue weighted by atomic mass is 32.1. The molecule has 5 heteroatoms. The first-order valence-electron chi connectivity index (χ1n) is 12.1. The molecule has 0 radical (unpaired) electrons. The summed E-state index contributed by atoms with van der Waals surface area (Å²) in [6.45, 7) is 4.93. The van der Waals surface area contributed by atoms with Crippen molar-refractivity contribution in [3.8, 4) is 27.6 Å². The summed E-state index contributed by atoms with van der Waals surface area (Å²) in [6.07, 6.45) is 0.731. The quantitative estimate of drug-likeness (QED) is 0.233. The number of aromatic nitrogens is 2. The molecular weight excluding hydrogens is 464 g/mol. The summed E-state index contributed by atoms with van der Waals surface area (Å²) in [4.78, 5) is 20.0. The van der Waals surface area contributed by atoms with Crippen molar-refractivity contribution in [2.45, 2.75) is 33.4 Å². The fraction of sp³-hybridized carbons (Fsp3) is 0.161. The van der Waals surface area contributed by atoms with Gasteiger partial charge in [0.05, 0.1) is 16.8 Å². The molecule has 0 bridgehead atoms. The van der Waals surface area contributed by atoms with Crippen LogP contribution in [0.15, 0.2) is 101 Å². The zero-order valence-electron chi connectivity index (χ0n) is 20.5. The van der Waals surface area contributed by atoms with Gasteiger partial charge in [-0.15, -0.1) is 11.3 Å². The highest BCUT2D eigenvalue weighted by Crippen LogP contribution is 2.32. The molecule has 0 aliphatic carbocycles. The summed E-state index contributed by atoms with van der Waals surface area (Å²) < 4.78 is 8.05. The summed E-state index contributed by atoms with van der Waals surface area (Å²) in [5, 5.41) is 2.07. The van der Waals surface area contributed by atoms with E-state index in [0.29, 0.717) is 30.3 Å². The molecule has 3 aromatic carbocycles. The molecule has 180 valence electrons. The van der Waals surface area contributed by atoms with Crippen LogP contribution in [0.4, 0.5) is 0 Å². The topological polar surface area (TPSA) is 44.1 Å². The van der Waals surface area contributed by atoms with Gasteiger partial charge in [-0.25, -0.2) is 4.98 Å². The second kappa shape index (κ2) is 10.8. The Morgan fingerprint density at radius 1 is 0.861 bits per heavy atom. The molecule has 5 aromatic rings. The van der Waals surface area contributed by atoms with Crippen LogP contribution in [0.5, 0.6) is 5.75 Å². The first-order chi connectivity index (χ1) is 17.6. The Kier molecular flexibility index (Phi) is 7.10. The molecular formula is C31H28N2O2S. The van der Waals surface area contributed by atoms with Crippen molar-refractivity contribution in [3.63, 3.8) is 0 Å². The van der Waals surface area contributed by atoms with Gasteiger partial charge in [0, 0.05) is 11.4 Å². The number of aryl methyl sites for hydroxylation is 3. The second-order valence-electron chi connectivity index (χ2n) is 8.85. The summed E-state index contributed by atoms with van der Waals surface area (Å²) in [5.41, 5.74) is 5.61. The number of ether oxygens (including phenoxy) is 1. The molecule has 2 aromatic heterocycles. The monoisotopic (exact) mass is 492 g/mol. The van der Waals surface area contributed by atoms with Crippen molar-refractivity contribution in [1.82, 2.24) is 9.55 Å². The normalized spacial score (nSPS) is 10.9. The van der Waals surface area contributed by atoms with Gasteiger partial charge in [-0.2, -0.15) is 0 Å². The van der Waals surface area contributed by atoms with Crippen LogP contribution in [0.2, 0.25) is 0 Å². The number of benzene rings is 3. The molecule has 0 fully saturated rings. The van der Waals surface area contributed by atoms with Gasteiger partial charge < -0.3 is 4.74 Å². The van der Waals surface area contributed by atoms with E-state index < -0.39 is 0 Å². The van der Waals surface area contributed by atoms with Crippen molar-refractivity contribution in [3.05, 3.63) is 129 Å². The summed E-state index contributed by atoms with van der Waals surface area (Å²) in [5.74, 6) is 1.34. The molecule has 0 N–H and O–H groups in total. The van der Waals surface area contributed by atoms with Gasteiger partial charge in [0.2, 0.25) is 0 Å². The second-order valence-corrected chi connectivity index (χ2v) is 9.76. The van der Waals surface area contributed by atoms with E-state index in [1.54, 1.807) is 11.3 Å². The molecule has 0 amide bonds. The first kappa shape index (κ1) is 23.8. The predicted octanol–water partition coefficient (Wildman–Crippen LogP) is 7.08. The summed E-state index contributed by atoms with van der Waals surface area (Å²) in [7, 11) is 0. The van der Waals surface area contributed by atoms with Crippen LogP contribution in [0.1, 0.15) is 22.4 Å². The molecule has 0 saturated carbocycles. The van der Waals surface area contributed by atoms with Gasteiger partial charge in [0.1, 0.15) is 18.2 Å². The van der Waals surface area contributed by atoms with Gasteiger partial charge in [-0.05, 0) is 60.5 Å². The molecule has 0 spiro atoms. The van der Waals surface area contributed by atoms with Crippen LogP contribution >= 0.6 is 11.3 Å². The minimum absolute atomic E-state index is 0.0202. The lowest BCUT2D eigenvalue weighted by molar-refractivity contribution is 0.307. The number of hydrogen-bond acceptors (Lipinski definition) is 4. The first-order valence-corrected chi connectivity index (χ1v) is 12.9.